The Kier molecular flexibility index (Phi) is 3.19. The summed E-state index contributed by atoms with van der Waals surface area (Å²) in [5.41, 5.74) is 7.45. The second-order valence-corrected chi connectivity index (χ2v) is 4.80. The first-order valence-corrected chi connectivity index (χ1v) is 6.15. The van der Waals surface area contributed by atoms with Gasteiger partial charge in [0, 0.05) is 10.0 Å². The summed E-state index contributed by atoms with van der Waals surface area (Å²) in [7, 11) is 0. The molecule has 0 saturated carbocycles. The van der Waals surface area contributed by atoms with Crippen LogP contribution in [0.25, 0.3) is 0 Å². The van der Waals surface area contributed by atoms with Crippen LogP contribution in [-0.4, -0.2) is 0 Å². The van der Waals surface area contributed by atoms with Crippen molar-refractivity contribution in [3.8, 4) is 0 Å². The third kappa shape index (κ3) is 2.12. The van der Waals surface area contributed by atoms with Gasteiger partial charge in [0.1, 0.15) is 5.82 Å². The minimum absolute atomic E-state index is 0.275. The molecule has 78 valence electrons. The summed E-state index contributed by atoms with van der Waals surface area (Å²) >= 11 is 4.87. The molecule has 0 radical (unpaired) electrons. The van der Waals surface area contributed by atoms with Crippen molar-refractivity contribution in [1.82, 2.24) is 0 Å². The highest BCUT2D eigenvalue weighted by Crippen LogP contribution is 2.29. The zero-order chi connectivity index (χ0) is 10.8. The maximum atomic E-state index is 13.6. The Morgan fingerprint density at radius 2 is 2.13 bits per heavy atom. The van der Waals surface area contributed by atoms with Crippen LogP contribution < -0.4 is 5.73 Å². The van der Waals surface area contributed by atoms with Gasteiger partial charge in [-0.25, -0.2) is 4.39 Å². The third-order valence-electron chi connectivity index (χ3n) is 2.21. The quantitative estimate of drug-likeness (QED) is 0.895. The van der Waals surface area contributed by atoms with E-state index in [1.54, 1.807) is 23.5 Å². The summed E-state index contributed by atoms with van der Waals surface area (Å²) in [5, 5.41) is 3.87. The molecule has 1 nitrogen and oxygen atoms in total. The van der Waals surface area contributed by atoms with Gasteiger partial charge >= 0.3 is 0 Å². The normalized spacial score (nSPS) is 12.7. The van der Waals surface area contributed by atoms with Crippen LogP contribution in [0.4, 0.5) is 4.39 Å². The second-order valence-electron chi connectivity index (χ2n) is 3.17. The van der Waals surface area contributed by atoms with Crippen LogP contribution in [-0.2, 0) is 0 Å². The molecule has 4 heteroatoms. The standard InChI is InChI=1S/C11H9BrFNS/c12-8-2-1-3-9(13)10(8)11(14)7-4-5-15-6-7/h1-6,11H,14H2/t11-/m1/s1. The van der Waals surface area contributed by atoms with Crippen molar-refractivity contribution in [2.45, 2.75) is 6.04 Å². The molecule has 0 aliphatic heterocycles. The minimum Gasteiger partial charge on any atom is -0.320 e. The Bertz CT molecular complexity index is 435. The largest absolute Gasteiger partial charge is 0.320 e. The summed E-state index contributed by atoms with van der Waals surface area (Å²) < 4.78 is 14.3. The van der Waals surface area contributed by atoms with Crippen molar-refractivity contribution in [2.75, 3.05) is 0 Å². The minimum atomic E-state index is -0.410. The zero-order valence-electron chi connectivity index (χ0n) is 7.78. The first-order valence-electron chi connectivity index (χ1n) is 4.41. The fourth-order valence-electron chi connectivity index (χ4n) is 1.43. The lowest BCUT2D eigenvalue weighted by atomic mass is 10.0. The monoisotopic (exact) mass is 285 g/mol. The fourth-order valence-corrected chi connectivity index (χ4v) is 2.71. The Morgan fingerprint density at radius 1 is 1.33 bits per heavy atom. The van der Waals surface area contributed by atoms with E-state index >= 15 is 0 Å². The summed E-state index contributed by atoms with van der Waals surface area (Å²) in [6, 6.07) is 6.38. The van der Waals surface area contributed by atoms with Gasteiger partial charge in [-0.1, -0.05) is 22.0 Å². The van der Waals surface area contributed by atoms with Crippen LogP contribution >= 0.6 is 27.3 Å². The van der Waals surface area contributed by atoms with Gasteiger partial charge in [0.25, 0.3) is 0 Å². The zero-order valence-corrected chi connectivity index (χ0v) is 10.2. The van der Waals surface area contributed by atoms with Crippen LogP contribution in [0.3, 0.4) is 0 Å². The number of rotatable bonds is 2. The lowest BCUT2D eigenvalue weighted by Gasteiger charge is -2.13. The number of halogens is 2. The molecular weight excluding hydrogens is 277 g/mol. The molecule has 0 amide bonds. The van der Waals surface area contributed by atoms with Crippen molar-refractivity contribution in [2.24, 2.45) is 5.73 Å². The highest BCUT2D eigenvalue weighted by Gasteiger charge is 2.16. The van der Waals surface area contributed by atoms with Gasteiger partial charge in [0.05, 0.1) is 6.04 Å². The smallest absolute Gasteiger partial charge is 0.129 e. The van der Waals surface area contributed by atoms with Crippen molar-refractivity contribution >= 4 is 27.3 Å². The molecule has 1 atom stereocenters. The molecule has 1 heterocycles. The lowest BCUT2D eigenvalue weighted by Crippen LogP contribution is -2.13. The van der Waals surface area contributed by atoms with Gasteiger partial charge in [-0.3, -0.25) is 0 Å². The maximum absolute atomic E-state index is 13.6. The van der Waals surface area contributed by atoms with Gasteiger partial charge < -0.3 is 5.73 Å². The van der Waals surface area contributed by atoms with E-state index in [4.69, 9.17) is 5.73 Å². The molecule has 0 aliphatic rings. The van der Waals surface area contributed by atoms with Crippen molar-refractivity contribution in [3.63, 3.8) is 0 Å². The van der Waals surface area contributed by atoms with Crippen molar-refractivity contribution in [3.05, 3.63) is 56.4 Å². The van der Waals surface area contributed by atoms with E-state index in [-0.39, 0.29) is 5.82 Å². The Morgan fingerprint density at radius 3 is 2.73 bits per heavy atom. The van der Waals surface area contributed by atoms with E-state index in [0.717, 1.165) is 5.56 Å². The number of nitrogens with two attached hydrogens (primary N) is 1. The van der Waals surface area contributed by atoms with Crippen molar-refractivity contribution in [1.29, 1.82) is 0 Å². The first-order chi connectivity index (χ1) is 7.20. The van der Waals surface area contributed by atoms with Crippen LogP contribution in [0.2, 0.25) is 0 Å². The molecule has 0 bridgehead atoms. The van der Waals surface area contributed by atoms with E-state index in [1.807, 2.05) is 16.8 Å². The van der Waals surface area contributed by atoms with E-state index in [1.165, 1.54) is 6.07 Å². The number of thiophene rings is 1. The molecule has 0 aliphatic carbocycles. The maximum Gasteiger partial charge on any atom is 0.129 e. The summed E-state index contributed by atoms with van der Waals surface area (Å²) in [4.78, 5) is 0. The Labute approximate surface area is 99.9 Å². The van der Waals surface area contributed by atoms with Crippen molar-refractivity contribution < 1.29 is 4.39 Å². The molecule has 1 aromatic carbocycles. The molecule has 0 saturated heterocycles. The topological polar surface area (TPSA) is 26.0 Å². The molecule has 0 spiro atoms. The molecule has 0 unspecified atom stereocenters. The lowest BCUT2D eigenvalue weighted by molar-refractivity contribution is 0.598. The van der Waals surface area contributed by atoms with Gasteiger partial charge in [-0.05, 0) is 34.5 Å². The molecule has 15 heavy (non-hydrogen) atoms. The summed E-state index contributed by atoms with van der Waals surface area (Å²) in [6.07, 6.45) is 0. The van der Waals surface area contributed by atoms with Gasteiger partial charge in [-0.2, -0.15) is 11.3 Å². The number of hydrogen-bond acceptors (Lipinski definition) is 2. The summed E-state index contributed by atoms with van der Waals surface area (Å²) in [5.74, 6) is -0.275. The molecule has 2 aromatic rings. The number of benzene rings is 1. The highest BCUT2D eigenvalue weighted by atomic mass is 79.9. The Balaban J connectivity index is 2.46. The van der Waals surface area contributed by atoms with Gasteiger partial charge in [0.2, 0.25) is 0 Å². The molecule has 2 rings (SSSR count). The molecule has 1 aromatic heterocycles. The highest BCUT2D eigenvalue weighted by molar-refractivity contribution is 9.10. The van der Waals surface area contributed by atoms with E-state index in [0.29, 0.717) is 10.0 Å². The average molecular weight is 286 g/mol. The second kappa shape index (κ2) is 4.43. The number of hydrogen-bond donors (Lipinski definition) is 1. The van der Waals surface area contributed by atoms with Gasteiger partial charge in [0.15, 0.2) is 0 Å². The SMILES string of the molecule is N[C@H](c1ccsc1)c1c(F)cccc1Br. The van der Waals surface area contributed by atoms with Crippen LogP contribution in [0.15, 0.2) is 39.5 Å². The third-order valence-corrected chi connectivity index (χ3v) is 3.61. The van der Waals surface area contributed by atoms with Crippen LogP contribution in [0.5, 0.6) is 0 Å². The van der Waals surface area contributed by atoms with Crippen LogP contribution in [0, 0.1) is 5.82 Å². The van der Waals surface area contributed by atoms with Crippen LogP contribution in [0.1, 0.15) is 17.2 Å². The predicted molar refractivity (Wildman–Crippen MR) is 64.4 cm³/mol. The van der Waals surface area contributed by atoms with E-state index in [9.17, 15) is 4.39 Å². The molecular formula is C11H9BrFNS. The van der Waals surface area contributed by atoms with Gasteiger partial charge in [-0.15, -0.1) is 0 Å². The fraction of sp³-hybridized carbons (Fsp3) is 0.0909. The Hall–Kier alpha value is -0.710. The van der Waals surface area contributed by atoms with E-state index in [2.05, 4.69) is 15.9 Å². The molecule has 2 N–H and O–H groups in total. The summed E-state index contributed by atoms with van der Waals surface area (Å²) in [6.45, 7) is 0. The predicted octanol–water partition coefficient (Wildman–Crippen LogP) is 3.70. The molecule has 0 fully saturated rings. The van der Waals surface area contributed by atoms with E-state index < -0.39 is 6.04 Å². The first kappa shape index (κ1) is 10.8. The average Bonchev–Trinajstić information content (AvgIpc) is 2.69.